The predicted octanol–water partition coefficient (Wildman–Crippen LogP) is 5.23. The third-order valence-corrected chi connectivity index (χ3v) is 10.1. The molecule has 1 saturated heterocycles. The van der Waals surface area contributed by atoms with Crippen molar-refractivity contribution in [2.45, 2.75) is 55.9 Å². The first-order valence-electron chi connectivity index (χ1n) is 12.3. The van der Waals surface area contributed by atoms with Gasteiger partial charge in [-0.15, -0.1) is 11.3 Å². The van der Waals surface area contributed by atoms with Crippen molar-refractivity contribution in [3.8, 4) is 0 Å². The Kier molecular flexibility index (Phi) is 9.19. The number of sulfonamides is 1. The number of benzene rings is 2. The van der Waals surface area contributed by atoms with Gasteiger partial charge in [-0.1, -0.05) is 49.2 Å². The van der Waals surface area contributed by atoms with Crippen LogP contribution in [0.3, 0.4) is 0 Å². The Morgan fingerprint density at radius 3 is 2.31 bits per heavy atom. The highest BCUT2D eigenvalue weighted by Gasteiger charge is 2.30. The van der Waals surface area contributed by atoms with Gasteiger partial charge in [0.05, 0.1) is 6.54 Å². The molecule has 0 saturated carbocycles. The maximum atomic E-state index is 13.2. The summed E-state index contributed by atoms with van der Waals surface area (Å²) in [5, 5.41) is 6.98. The van der Waals surface area contributed by atoms with Crippen LogP contribution in [-0.2, 0) is 29.5 Å². The van der Waals surface area contributed by atoms with Crippen LogP contribution in [0.4, 0.5) is 0 Å². The summed E-state index contributed by atoms with van der Waals surface area (Å²) in [5.41, 5.74) is 3.12. The average Bonchev–Trinajstić information content (AvgIpc) is 3.38. The van der Waals surface area contributed by atoms with Gasteiger partial charge in [0.2, 0.25) is 0 Å². The maximum Gasteiger partial charge on any atom is 0.252 e. The molecule has 2 heterocycles. The third kappa shape index (κ3) is 6.95. The van der Waals surface area contributed by atoms with E-state index in [-0.39, 0.29) is 12.5 Å². The molecule has 36 heavy (non-hydrogen) atoms. The summed E-state index contributed by atoms with van der Waals surface area (Å²) >= 11 is 7.07. The van der Waals surface area contributed by atoms with Crippen molar-refractivity contribution in [3.63, 3.8) is 0 Å². The van der Waals surface area contributed by atoms with Gasteiger partial charge in [-0.25, -0.2) is 8.42 Å². The van der Waals surface area contributed by atoms with Crippen LogP contribution in [0.1, 0.15) is 52.5 Å². The van der Waals surface area contributed by atoms with Gasteiger partial charge >= 0.3 is 0 Å². The Morgan fingerprint density at radius 1 is 0.972 bits per heavy atom. The first-order chi connectivity index (χ1) is 17.3. The van der Waals surface area contributed by atoms with Gasteiger partial charge in [-0.05, 0) is 66.8 Å². The molecule has 6 nitrogen and oxygen atoms in total. The molecule has 0 radical (unpaired) electrons. The van der Waals surface area contributed by atoms with Crippen molar-refractivity contribution in [2.24, 2.45) is 0 Å². The van der Waals surface area contributed by atoms with Crippen LogP contribution in [0.5, 0.6) is 0 Å². The fourth-order valence-corrected chi connectivity index (χ4v) is 7.31. The summed E-state index contributed by atoms with van der Waals surface area (Å²) in [6.07, 6.45) is 3.81. The van der Waals surface area contributed by atoms with Gasteiger partial charge in [0, 0.05) is 41.1 Å². The van der Waals surface area contributed by atoms with Gasteiger partial charge in [-0.3, -0.25) is 4.79 Å². The first-order valence-corrected chi connectivity index (χ1v) is 14.9. The number of nitrogens with one attached hydrogen (secondary N) is 2. The van der Waals surface area contributed by atoms with Crippen molar-refractivity contribution in [2.75, 3.05) is 13.1 Å². The van der Waals surface area contributed by atoms with Crippen molar-refractivity contribution in [1.29, 1.82) is 0 Å². The van der Waals surface area contributed by atoms with E-state index >= 15 is 0 Å². The van der Waals surface area contributed by atoms with Crippen molar-refractivity contribution < 1.29 is 13.2 Å². The highest BCUT2D eigenvalue weighted by molar-refractivity contribution is 7.91. The average molecular weight is 546 g/mol. The lowest BCUT2D eigenvalue weighted by atomic mass is 10.1. The molecule has 2 N–H and O–H groups in total. The van der Waals surface area contributed by atoms with Gasteiger partial charge < -0.3 is 10.6 Å². The molecule has 9 heteroatoms. The second-order valence-corrected chi connectivity index (χ2v) is 12.8. The van der Waals surface area contributed by atoms with Crippen LogP contribution >= 0.6 is 22.9 Å². The molecule has 0 spiro atoms. The van der Waals surface area contributed by atoms with Gasteiger partial charge in [-0.2, -0.15) is 4.31 Å². The summed E-state index contributed by atoms with van der Waals surface area (Å²) in [6, 6.07) is 19.1. The minimum absolute atomic E-state index is 0.226. The van der Waals surface area contributed by atoms with Crippen LogP contribution in [0, 0.1) is 0 Å². The summed E-state index contributed by atoms with van der Waals surface area (Å²) in [6.45, 7) is 4.24. The van der Waals surface area contributed by atoms with E-state index in [0.29, 0.717) is 33.9 Å². The van der Waals surface area contributed by atoms with E-state index in [1.165, 1.54) is 22.5 Å². The summed E-state index contributed by atoms with van der Waals surface area (Å²) < 4.78 is 28.3. The molecule has 3 aromatic rings. The van der Waals surface area contributed by atoms with Crippen LogP contribution in [0.25, 0.3) is 0 Å². The zero-order valence-corrected chi connectivity index (χ0v) is 22.8. The highest BCUT2D eigenvalue weighted by Crippen LogP contribution is 2.27. The van der Waals surface area contributed by atoms with Crippen LogP contribution in [0.15, 0.2) is 64.9 Å². The molecule has 192 valence electrons. The first kappa shape index (κ1) is 26.8. The number of carbonyl (C=O) groups is 1. The van der Waals surface area contributed by atoms with E-state index in [4.69, 9.17) is 11.6 Å². The van der Waals surface area contributed by atoms with Crippen molar-refractivity contribution >= 4 is 38.9 Å². The van der Waals surface area contributed by atoms with E-state index in [0.717, 1.165) is 37.1 Å². The number of piperidine rings is 1. The molecule has 0 atom stereocenters. The largest absolute Gasteiger partial charge is 0.347 e. The smallest absolute Gasteiger partial charge is 0.252 e. The van der Waals surface area contributed by atoms with Crippen molar-refractivity contribution in [1.82, 2.24) is 14.9 Å². The Balaban J connectivity index is 1.25. The number of carbonyl (C=O) groups excluding carboxylic acids is 1. The molecule has 0 bridgehead atoms. The minimum Gasteiger partial charge on any atom is -0.347 e. The fraction of sp³-hybridized carbons (Fsp3) is 0.370. The van der Waals surface area contributed by atoms with Crippen LogP contribution in [-0.4, -0.2) is 37.8 Å². The Hall–Kier alpha value is -2.23. The summed E-state index contributed by atoms with van der Waals surface area (Å²) in [5.74, 6) is -0.226. The zero-order chi connectivity index (χ0) is 25.5. The molecule has 1 aliphatic rings. The van der Waals surface area contributed by atoms with E-state index in [1.807, 2.05) is 0 Å². The SMILES string of the molecule is CCCc1ccc(CNC2CCN(S(=O)(=O)c3ccc(CNC(=O)c4ccc(Cl)cc4)s3)CC2)cc1. The Bertz CT molecular complexity index is 1250. The predicted molar refractivity (Wildman–Crippen MR) is 146 cm³/mol. The fourth-order valence-electron chi connectivity index (χ4n) is 4.26. The monoisotopic (exact) mass is 545 g/mol. The Labute approximate surface area is 222 Å². The van der Waals surface area contributed by atoms with Crippen LogP contribution in [0.2, 0.25) is 5.02 Å². The molecular weight excluding hydrogens is 514 g/mol. The number of rotatable bonds is 10. The number of aryl methyl sites for hydroxylation is 1. The number of hydrogen-bond donors (Lipinski definition) is 2. The molecule has 1 amide bonds. The van der Waals surface area contributed by atoms with E-state index in [2.05, 4.69) is 41.8 Å². The van der Waals surface area contributed by atoms with E-state index in [9.17, 15) is 13.2 Å². The molecule has 4 rings (SSSR count). The molecule has 1 aliphatic heterocycles. The molecule has 1 aromatic heterocycles. The van der Waals surface area contributed by atoms with Gasteiger partial charge in [0.1, 0.15) is 4.21 Å². The van der Waals surface area contributed by atoms with Crippen LogP contribution < -0.4 is 10.6 Å². The molecule has 0 aliphatic carbocycles. The molecular formula is C27H32ClN3O3S2. The number of halogens is 1. The van der Waals surface area contributed by atoms with Crippen molar-refractivity contribution in [3.05, 3.63) is 87.3 Å². The van der Waals surface area contributed by atoms with E-state index < -0.39 is 10.0 Å². The van der Waals surface area contributed by atoms with E-state index in [1.54, 1.807) is 40.7 Å². The number of nitrogens with zero attached hydrogens (tertiary/aromatic N) is 1. The number of hydrogen-bond acceptors (Lipinski definition) is 5. The standard InChI is InChI=1S/C27H32ClN3O3S2/c1-2-3-20-4-6-21(7-5-20)18-29-24-14-16-31(17-15-24)36(33,34)26-13-12-25(35-26)19-30-27(32)22-8-10-23(28)11-9-22/h4-13,24,29H,2-3,14-19H2,1H3,(H,30,32). The van der Waals surface area contributed by atoms with Gasteiger partial charge in [0.15, 0.2) is 0 Å². The number of amides is 1. The lowest BCUT2D eigenvalue weighted by molar-refractivity contribution is 0.0951. The third-order valence-electron chi connectivity index (χ3n) is 6.37. The zero-order valence-electron chi connectivity index (χ0n) is 20.4. The quantitative estimate of drug-likeness (QED) is 0.366. The Morgan fingerprint density at radius 2 is 1.64 bits per heavy atom. The topological polar surface area (TPSA) is 78.5 Å². The second-order valence-electron chi connectivity index (χ2n) is 9.04. The molecule has 1 fully saturated rings. The maximum absolute atomic E-state index is 13.2. The second kappa shape index (κ2) is 12.3. The molecule has 2 aromatic carbocycles. The van der Waals surface area contributed by atoms with Gasteiger partial charge in [0.25, 0.3) is 15.9 Å². The minimum atomic E-state index is -3.54. The molecule has 0 unspecified atom stereocenters. The highest BCUT2D eigenvalue weighted by atomic mass is 35.5. The lowest BCUT2D eigenvalue weighted by Gasteiger charge is -2.31. The normalized spacial score (nSPS) is 15.2. The summed E-state index contributed by atoms with van der Waals surface area (Å²) in [7, 11) is -3.54. The lowest BCUT2D eigenvalue weighted by Crippen LogP contribution is -2.44. The summed E-state index contributed by atoms with van der Waals surface area (Å²) in [4.78, 5) is 13.1. The number of thiophene rings is 1.